The van der Waals surface area contributed by atoms with Crippen molar-refractivity contribution in [3.63, 3.8) is 0 Å². The molecule has 170 valence electrons. The smallest absolute Gasteiger partial charge is 0.252 e. The fraction of sp³-hybridized carbons (Fsp3) is 0.318. The number of carbonyl (C=O) groups excluding carboxylic acids is 1. The number of amides is 1. The van der Waals surface area contributed by atoms with Gasteiger partial charge in [0, 0.05) is 48.9 Å². The molecule has 0 saturated carbocycles. The lowest BCUT2D eigenvalue weighted by molar-refractivity contribution is 0.0952. The van der Waals surface area contributed by atoms with Crippen LogP contribution in [0.5, 0.6) is 5.88 Å². The van der Waals surface area contributed by atoms with Crippen LogP contribution in [0.25, 0.3) is 10.9 Å². The Kier molecular flexibility index (Phi) is 7.26. The predicted molar refractivity (Wildman–Crippen MR) is 121 cm³/mol. The quantitative estimate of drug-likeness (QED) is 0.507. The molecular weight excluding hydrogens is 432 g/mol. The van der Waals surface area contributed by atoms with Crippen LogP contribution in [0.4, 0.5) is 0 Å². The molecule has 0 atom stereocenters. The molecule has 2 N–H and O–H groups in total. The van der Waals surface area contributed by atoms with Crippen LogP contribution >= 0.6 is 0 Å². The number of H-pyrrole nitrogens is 1. The molecule has 0 bridgehead atoms. The van der Waals surface area contributed by atoms with E-state index in [4.69, 9.17) is 4.74 Å². The van der Waals surface area contributed by atoms with Crippen LogP contribution in [0.1, 0.15) is 36.7 Å². The highest BCUT2D eigenvalue weighted by Crippen LogP contribution is 2.23. The molecule has 0 unspecified atom stereocenters. The normalized spacial score (nSPS) is 11.6. The summed E-state index contributed by atoms with van der Waals surface area (Å²) in [5.41, 5.74) is 0.795. The van der Waals surface area contributed by atoms with Gasteiger partial charge in [0.2, 0.25) is 21.5 Å². The SMILES string of the molecule is CCOc1cc(CNC(=O)c2cc(=O)[nH]c3ccc(S(=O)(=O)N(CC)CC)cc23)ccn1. The van der Waals surface area contributed by atoms with E-state index in [0.29, 0.717) is 36.5 Å². The van der Waals surface area contributed by atoms with E-state index in [9.17, 15) is 18.0 Å². The van der Waals surface area contributed by atoms with Crippen molar-refractivity contribution in [1.29, 1.82) is 0 Å². The first-order valence-electron chi connectivity index (χ1n) is 10.3. The number of pyridine rings is 2. The maximum atomic E-state index is 12.9. The van der Waals surface area contributed by atoms with Crippen molar-refractivity contribution in [3.8, 4) is 5.88 Å². The zero-order valence-electron chi connectivity index (χ0n) is 18.2. The highest BCUT2D eigenvalue weighted by molar-refractivity contribution is 7.89. The van der Waals surface area contributed by atoms with Crippen molar-refractivity contribution >= 4 is 26.8 Å². The Balaban J connectivity index is 1.95. The maximum absolute atomic E-state index is 12.9. The monoisotopic (exact) mass is 458 g/mol. The molecule has 1 aromatic carbocycles. The second-order valence-electron chi connectivity index (χ2n) is 6.96. The first-order chi connectivity index (χ1) is 15.3. The summed E-state index contributed by atoms with van der Waals surface area (Å²) in [6.07, 6.45) is 1.58. The summed E-state index contributed by atoms with van der Waals surface area (Å²) in [6, 6.07) is 8.99. The zero-order chi connectivity index (χ0) is 23.3. The van der Waals surface area contributed by atoms with Crippen molar-refractivity contribution in [1.82, 2.24) is 19.6 Å². The van der Waals surface area contributed by atoms with E-state index in [1.807, 2.05) is 6.92 Å². The second-order valence-corrected chi connectivity index (χ2v) is 8.90. The van der Waals surface area contributed by atoms with Gasteiger partial charge in [-0.2, -0.15) is 4.31 Å². The third-order valence-electron chi connectivity index (χ3n) is 4.95. The van der Waals surface area contributed by atoms with Gasteiger partial charge < -0.3 is 15.0 Å². The number of sulfonamides is 1. The van der Waals surface area contributed by atoms with Gasteiger partial charge in [-0.15, -0.1) is 0 Å². The largest absolute Gasteiger partial charge is 0.478 e. The van der Waals surface area contributed by atoms with Gasteiger partial charge in [0.05, 0.1) is 17.1 Å². The number of aromatic nitrogens is 2. The number of hydrogen-bond acceptors (Lipinski definition) is 6. The van der Waals surface area contributed by atoms with Gasteiger partial charge >= 0.3 is 0 Å². The summed E-state index contributed by atoms with van der Waals surface area (Å²) in [4.78, 5) is 31.8. The van der Waals surface area contributed by atoms with Crippen LogP contribution in [0.2, 0.25) is 0 Å². The topological polar surface area (TPSA) is 121 Å². The Morgan fingerprint density at radius 1 is 1.12 bits per heavy atom. The lowest BCUT2D eigenvalue weighted by atomic mass is 10.1. The third-order valence-corrected chi connectivity index (χ3v) is 6.99. The summed E-state index contributed by atoms with van der Waals surface area (Å²) in [5, 5.41) is 3.12. The van der Waals surface area contributed by atoms with Gasteiger partial charge in [-0.25, -0.2) is 13.4 Å². The van der Waals surface area contributed by atoms with Crippen molar-refractivity contribution in [3.05, 3.63) is 64.1 Å². The van der Waals surface area contributed by atoms with Gasteiger partial charge in [0.15, 0.2) is 0 Å². The van der Waals surface area contributed by atoms with Crippen molar-refractivity contribution in [2.75, 3.05) is 19.7 Å². The minimum Gasteiger partial charge on any atom is -0.478 e. The number of rotatable bonds is 9. The predicted octanol–water partition coefficient (Wildman–Crippen LogP) is 2.28. The van der Waals surface area contributed by atoms with Gasteiger partial charge in [0.1, 0.15) is 0 Å². The van der Waals surface area contributed by atoms with E-state index < -0.39 is 21.5 Å². The Morgan fingerprint density at radius 3 is 2.56 bits per heavy atom. The number of aromatic amines is 1. The Morgan fingerprint density at radius 2 is 1.88 bits per heavy atom. The number of ether oxygens (including phenoxy) is 1. The van der Waals surface area contributed by atoms with Gasteiger partial charge in [-0.3, -0.25) is 9.59 Å². The van der Waals surface area contributed by atoms with Crippen LogP contribution in [-0.2, 0) is 16.6 Å². The Labute approximate surface area is 186 Å². The number of carbonyl (C=O) groups is 1. The van der Waals surface area contributed by atoms with E-state index in [1.165, 1.54) is 28.6 Å². The third kappa shape index (κ3) is 4.97. The number of fused-ring (bicyclic) bond motifs is 1. The summed E-state index contributed by atoms with van der Waals surface area (Å²) >= 11 is 0. The molecule has 0 spiro atoms. The van der Waals surface area contributed by atoms with E-state index in [2.05, 4.69) is 15.3 Å². The fourth-order valence-electron chi connectivity index (χ4n) is 3.36. The summed E-state index contributed by atoms with van der Waals surface area (Å²) in [7, 11) is -3.72. The van der Waals surface area contributed by atoms with Gasteiger partial charge in [0.25, 0.3) is 5.91 Å². The highest BCUT2D eigenvalue weighted by Gasteiger charge is 2.23. The average Bonchev–Trinajstić information content (AvgIpc) is 2.77. The van der Waals surface area contributed by atoms with Crippen LogP contribution in [-0.4, -0.2) is 48.3 Å². The molecule has 0 aliphatic carbocycles. The first-order valence-corrected chi connectivity index (χ1v) is 11.8. The van der Waals surface area contributed by atoms with Crippen molar-refractivity contribution in [2.45, 2.75) is 32.2 Å². The first kappa shape index (κ1) is 23.4. The second kappa shape index (κ2) is 9.92. The molecule has 0 saturated heterocycles. The molecule has 2 aromatic heterocycles. The molecule has 9 nitrogen and oxygen atoms in total. The van der Waals surface area contributed by atoms with E-state index in [-0.39, 0.29) is 17.0 Å². The van der Waals surface area contributed by atoms with E-state index in [0.717, 1.165) is 5.56 Å². The van der Waals surface area contributed by atoms with Crippen LogP contribution < -0.4 is 15.6 Å². The fourth-order valence-corrected chi connectivity index (χ4v) is 4.84. The summed E-state index contributed by atoms with van der Waals surface area (Å²) in [6.45, 7) is 6.68. The molecule has 1 amide bonds. The number of nitrogens with one attached hydrogen (secondary N) is 2. The highest BCUT2D eigenvalue weighted by atomic mass is 32.2. The lowest BCUT2D eigenvalue weighted by Gasteiger charge is -2.19. The Bertz CT molecular complexity index is 1280. The average molecular weight is 459 g/mol. The van der Waals surface area contributed by atoms with Gasteiger partial charge in [-0.05, 0) is 36.8 Å². The maximum Gasteiger partial charge on any atom is 0.252 e. The molecule has 0 radical (unpaired) electrons. The molecule has 32 heavy (non-hydrogen) atoms. The Hall–Kier alpha value is -3.24. The van der Waals surface area contributed by atoms with E-state index >= 15 is 0 Å². The lowest BCUT2D eigenvalue weighted by Crippen LogP contribution is -2.30. The molecule has 0 aliphatic heterocycles. The molecule has 2 heterocycles. The van der Waals surface area contributed by atoms with Crippen molar-refractivity contribution < 1.29 is 17.9 Å². The minimum atomic E-state index is -3.72. The molecule has 0 aliphatic rings. The zero-order valence-corrected chi connectivity index (χ0v) is 19.0. The van der Waals surface area contributed by atoms with Crippen LogP contribution in [0.3, 0.4) is 0 Å². The minimum absolute atomic E-state index is 0.0605. The standard InChI is InChI=1S/C22H26N4O5S/c1-4-26(5-2)32(29,30)16-7-8-19-17(12-16)18(13-20(27)25-19)22(28)24-14-15-9-10-23-21(11-15)31-6-3/h7-13H,4-6,14H2,1-3H3,(H,24,28)(H,25,27). The molecule has 10 heteroatoms. The molecule has 0 fully saturated rings. The molecule has 3 aromatic rings. The molecular formula is C22H26N4O5S. The summed E-state index contributed by atoms with van der Waals surface area (Å²) < 4.78 is 32.5. The van der Waals surface area contributed by atoms with Gasteiger partial charge in [-0.1, -0.05) is 13.8 Å². The van der Waals surface area contributed by atoms with Crippen molar-refractivity contribution in [2.24, 2.45) is 0 Å². The number of nitrogens with zero attached hydrogens (tertiary/aromatic N) is 2. The summed E-state index contributed by atoms with van der Waals surface area (Å²) in [5.74, 6) is -0.0413. The molecule has 3 rings (SSSR count). The van der Waals surface area contributed by atoms with Crippen LogP contribution in [0, 0.1) is 0 Å². The number of hydrogen-bond donors (Lipinski definition) is 2. The number of benzene rings is 1. The van der Waals surface area contributed by atoms with E-state index in [1.54, 1.807) is 32.2 Å². The van der Waals surface area contributed by atoms with Crippen LogP contribution in [0.15, 0.2) is 52.3 Å².